The number of nitrogens with zero attached hydrogens (tertiary/aromatic N) is 1. The number of aromatic amines is 1. The molecule has 0 radical (unpaired) electrons. The van der Waals surface area contributed by atoms with Crippen LogP contribution in [0.1, 0.15) is 5.56 Å². The lowest BCUT2D eigenvalue weighted by Gasteiger charge is -1.96. The van der Waals surface area contributed by atoms with E-state index in [1.165, 1.54) is 6.08 Å². The average Bonchev–Trinajstić information content (AvgIpc) is 2.81. The van der Waals surface area contributed by atoms with E-state index in [9.17, 15) is 4.79 Å². The molecule has 1 amide bonds. The zero-order valence-corrected chi connectivity index (χ0v) is 8.92. The van der Waals surface area contributed by atoms with E-state index >= 15 is 0 Å². The van der Waals surface area contributed by atoms with Gasteiger partial charge in [-0.25, -0.2) is 4.98 Å². The number of imidazole rings is 1. The summed E-state index contributed by atoms with van der Waals surface area (Å²) in [5, 5.41) is 11.7. The predicted molar refractivity (Wildman–Crippen MR) is 64.4 cm³/mol. The van der Waals surface area contributed by atoms with Crippen LogP contribution in [0.5, 0.6) is 5.75 Å². The van der Waals surface area contributed by atoms with Crippen molar-refractivity contribution in [1.82, 2.24) is 9.97 Å². The van der Waals surface area contributed by atoms with Gasteiger partial charge in [0.1, 0.15) is 5.75 Å². The molecule has 17 heavy (non-hydrogen) atoms. The minimum absolute atomic E-state index is 0.196. The summed E-state index contributed by atoms with van der Waals surface area (Å²) in [7, 11) is 0. The van der Waals surface area contributed by atoms with Gasteiger partial charge in [-0.3, -0.25) is 10.1 Å². The molecule has 0 saturated carbocycles. The van der Waals surface area contributed by atoms with Crippen molar-refractivity contribution in [2.24, 2.45) is 0 Å². The van der Waals surface area contributed by atoms with Crippen molar-refractivity contribution in [3.05, 3.63) is 48.3 Å². The fraction of sp³-hybridized carbons (Fsp3) is 0. The van der Waals surface area contributed by atoms with Crippen LogP contribution in [0.25, 0.3) is 6.08 Å². The van der Waals surface area contributed by atoms with E-state index in [1.54, 1.807) is 42.7 Å². The van der Waals surface area contributed by atoms with Crippen LogP contribution in [0, 0.1) is 0 Å². The lowest BCUT2D eigenvalue weighted by Crippen LogP contribution is -2.08. The van der Waals surface area contributed by atoms with E-state index in [1.807, 2.05) is 0 Å². The molecule has 3 N–H and O–H groups in total. The number of rotatable bonds is 3. The van der Waals surface area contributed by atoms with Crippen molar-refractivity contribution < 1.29 is 9.90 Å². The van der Waals surface area contributed by atoms with Crippen LogP contribution in [0.2, 0.25) is 0 Å². The summed E-state index contributed by atoms with van der Waals surface area (Å²) in [6.45, 7) is 0. The minimum Gasteiger partial charge on any atom is -0.508 e. The van der Waals surface area contributed by atoms with Crippen LogP contribution in [0.15, 0.2) is 42.7 Å². The highest BCUT2D eigenvalue weighted by Gasteiger charge is 1.98. The number of aromatic hydroxyl groups is 1. The summed E-state index contributed by atoms with van der Waals surface area (Å²) in [4.78, 5) is 18.1. The maximum absolute atomic E-state index is 11.4. The third-order valence-electron chi connectivity index (χ3n) is 2.06. The molecule has 1 aromatic heterocycles. The smallest absolute Gasteiger partial charge is 0.250 e. The van der Waals surface area contributed by atoms with Crippen molar-refractivity contribution in [2.45, 2.75) is 0 Å². The molecule has 1 heterocycles. The van der Waals surface area contributed by atoms with Crippen molar-refractivity contribution in [2.75, 3.05) is 5.32 Å². The molecule has 0 atom stereocenters. The standard InChI is InChI=1S/C12H11N3O2/c16-10-4-1-9(2-5-10)3-6-11(17)15-12-13-7-8-14-12/h1-8,16H,(H2,13,14,15,17). The highest BCUT2D eigenvalue weighted by molar-refractivity contribution is 6.00. The third kappa shape index (κ3) is 3.20. The molecule has 0 saturated heterocycles. The molecule has 86 valence electrons. The number of carbonyl (C=O) groups is 1. The van der Waals surface area contributed by atoms with Gasteiger partial charge in [0.2, 0.25) is 5.95 Å². The first-order valence-corrected chi connectivity index (χ1v) is 5.01. The van der Waals surface area contributed by atoms with E-state index in [0.29, 0.717) is 5.95 Å². The molecule has 5 heteroatoms. The number of nitrogens with one attached hydrogen (secondary N) is 2. The molecular weight excluding hydrogens is 218 g/mol. The number of anilines is 1. The Balaban J connectivity index is 1.96. The van der Waals surface area contributed by atoms with Crippen LogP contribution in [0.3, 0.4) is 0 Å². The largest absolute Gasteiger partial charge is 0.508 e. The SMILES string of the molecule is O=C(C=Cc1ccc(O)cc1)Nc1ncc[nH]1. The molecule has 0 spiro atoms. The van der Waals surface area contributed by atoms with Gasteiger partial charge in [0, 0.05) is 18.5 Å². The van der Waals surface area contributed by atoms with E-state index < -0.39 is 0 Å². The van der Waals surface area contributed by atoms with Crippen molar-refractivity contribution >= 4 is 17.9 Å². The number of hydrogen-bond acceptors (Lipinski definition) is 3. The van der Waals surface area contributed by atoms with Gasteiger partial charge in [-0.05, 0) is 23.8 Å². The van der Waals surface area contributed by atoms with Gasteiger partial charge in [0.15, 0.2) is 0 Å². The second-order valence-electron chi connectivity index (χ2n) is 3.35. The fourth-order valence-electron chi connectivity index (χ4n) is 1.25. The van der Waals surface area contributed by atoms with Gasteiger partial charge in [0.05, 0.1) is 0 Å². The monoisotopic (exact) mass is 229 g/mol. The molecule has 0 aliphatic carbocycles. The quantitative estimate of drug-likeness (QED) is 0.702. The normalized spacial score (nSPS) is 10.6. The van der Waals surface area contributed by atoms with Crippen molar-refractivity contribution in [3.8, 4) is 5.75 Å². The summed E-state index contributed by atoms with van der Waals surface area (Å²) in [6.07, 6.45) is 6.23. The Labute approximate surface area is 97.8 Å². The van der Waals surface area contributed by atoms with Crippen LogP contribution >= 0.6 is 0 Å². The average molecular weight is 229 g/mol. The van der Waals surface area contributed by atoms with Crippen LogP contribution < -0.4 is 5.32 Å². The molecule has 2 aromatic rings. The van der Waals surface area contributed by atoms with E-state index in [-0.39, 0.29) is 11.7 Å². The Morgan fingerprint density at radius 1 is 1.35 bits per heavy atom. The molecule has 0 unspecified atom stereocenters. The molecular formula is C12H11N3O2. The number of hydrogen-bond donors (Lipinski definition) is 3. The van der Waals surface area contributed by atoms with Gasteiger partial charge in [-0.15, -0.1) is 0 Å². The number of carbonyl (C=O) groups excluding carboxylic acids is 1. The predicted octanol–water partition coefficient (Wildman–Crippen LogP) is 1.77. The summed E-state index contributed by atoms with van der Waals surface area (Å²) in [6, 6.07) is 6.55. The molecule has 2 rings (SSSR count). The summed E-state index contributed by atoms with van der Waals surface area (Å²) in [5.74, 6) is 0.334. The van der Waals surface area contributed by atoms with Gasteiger partial charge < -0.3 is 10.1 Å². The summed E-state index contributed by atoms with van der Waals surface area (Å²) >= 11 is 0. The van der Waals surface area contributed by atoms with Crippen molar-refractivity contribution in [1.29, 1.82) is 0 Å². The van der Waals surface area contributed by atoms with Gasteiger partial charge in [-0.1, -0.05) is 12.1 Å². The molecule has 1 aromatic carbocycles. The molecule has 5 nitrogen and oxygen atoms in total. The lowest BCUT2D eigenvalue weighted by atomic mass is 10.2. The maximum atomic E-state index is 11.4. The summed E-state index contributed by atoms with van der Waals surface area (Å²) in [5.41, 5.74) is 0.831. The number of H-pyrrole nitrogens is 1. The van der Waals surface area contributed by atoms with Gasteiger partial charge >= 0.3 is 0 Å². The first-order chi connectivity index (χ1) is 8.24. The van der Waals surface area contributed by atoms with Crippen LogP contribution in [-0.2, 0) is 4.79 Å². The highest BCUT2D eigenvalue weighted by atomic mass is 16.3. The number of phenols is 1. The van der Waals surface area contributed by atoms with Crippen LogP contribution in [-0.4, -0.2) is 21.0 Å². The molecule has 0 bridgehead atoms. The van der Waals surface area contributed by atoms with Crippen molar-refractivity contribution in [3.63, 3.8) is 0 Å². The number of aromatic nitrogens is 2. The molecule has 0 aliphatic rings. The number of benzene rings is 1. The Morgan fingerprint density at radius 2 is 2.12 bits per heavy atom. The zero-order chi connectivity index (χ0) is 12.1. The van der Waals surface area contributed by atoms with E-state index in [2.05, 4.69) is 15.3 Å². The second kappa shape index (κ2) is 4.98. The maximum Gasteiger partial charge on any atom is 0.250 e. The minimum atomic E-state index is -0.270. The highest BCUT2D eigenvalue weighted by Crippen LogP contribution is 2.10. The van der Waals surface area contributed by atoms with Gasteiger partial charge in [-0.2, -0.15) is 0 Å². The molecule has 0 aliphatic heterocycles. The van der Waals surface area contributed by atoms with E-state index in [0.717, 1.165) is 5.56 Å². The van der Waals surface area contributed by atoms with Gasteiger partial charge in [0.25, 0.3) is 5.91 Å². The Kier molecular flexibility index (Phi) is 3.20. The second-order valence-corrected chi connectivity index (χ2v) is 3.35. The third-order valence-corrected chi connectivity index (χ3v) is 2.06. The lowest BCUT2D eigenvalue weighted by molar-refractivity contribution is -0.111. The Bertz CT molecular complexity index is 515. The first-order valence-electron chi connectivity index (χ1n) is 5.01. The fourth-order valence-corrected chi connectivity index (χ4v) is 1.25. The molecule has 0 fully saturated rings. The zero-order valence-electron chi connectivity index (χ0n) is 8.92. The topological polar surface area (TPSA) is 78.0 Å². The number of phenolic OH excluding ortho intramolecular Hbond substituents is 1. The van der Waals surface area contributed by atoms with E-state index in [4.69, 9.17) is 5.11 Å². The first kappa shape index (κ1) is 10.9. The Morgan fingerprint density at radius 3 is 2.76 bits per heavy atom. The Hall–Kier alpha value is -2.56. The number of amides is 1. The van der Waals surface area contributed by atoms with Crippen LogP contribution in [0.4, 0.5) is 5.95 Å². The summed E-state index contributed by atoms with van der Waals surface area (Å²) < 4.78 is 0.